The van der Waals surface area contributed by atoms with Gasteiger partial charge in [0.25, 0.3) is 0 Å². The summed E-state index contributed by atoms with van der Waals surface area (Å²) in [6, 6.07) is 0. The van der Waals surface area contributed by atoms with Gasteiger partial charge in [0.05, 0.1) is 7.11 Å². The number of rotatable bonds is 5. The predicted octanol–water partition coefficient (Wildman–Crippen LogP) is 2.95. The van der Waals surface area contributed by atoms with Crippen molar-refractivity contribution in [3.05, 3.63) is 0 Å². The molecule has 2 atom stereocenters. The van der Waals surface area contributed by atoms with Crippen LogP contribution in [0.3, 0.4) is 0 Å². The lowest BCUT2D eigenvalue weighted by Crippen LogP contribution is -1.99. The summed E-state index contributed by atoms with van der Waals surface area (Å²) in [6.45, 7) is 4.15. The molecule has 0 aliphatic carbocycles. The Morgan fingerprint density at radius 1 is 1.50 bits per heavy atom. The summed E-state index contributed by atoms with van der Waals surface area (Å²) in [6.07, 6.45) is 3.05. The van der Waals surface area contributed by atoms with Crippen LogP contribution >= 0.6 is 8.03 Å². The standard InChI is InChI=1S/C7H16O2P/c1-4-6-7(5-2)10(8)9-3/h7H,4-6H2,1-3H3/q+1. The zero-order valence-electron chi connectivity index (χ0n) is 6.96. The van der Waals surface area contributed by atoms with Crippen LogP contribution < -0.4 is 0 Å². The molecule has 3 heteroatoms. The summed E-state index contributed by atoms with van der Waals surface area (Å²) in [4.78, 5) is 0. The first-order chi connectivity index (χ1) is 4.76. The van der Waals surface area contributed by atoms with Crippen LogP contribution in [0.15, 0.2) is 0 Å². The van der Waals surface area contributed by atoms with Crippen molar-refractivity contribution in [2.24, 2.45) is 0 Å². The van der Waals surface area contributed by atoms with E-state index in [1.54, 1.807) is 0 Å². The SMILES string of the molecule is CCCC(CC)[P+](=O)OC. The van der Waals surface area contributed by atoms with Gasteiger partial charge in [0.2, 0.25) is 0 Å². The lowest BCUT2D eigenvalue weighted by atomic mass is 10.2. The summed E-state index contributed by atoms with van der Waals surface area (Å²) in [5.74, 6) is 0. The molecular weight excluding hydrogens is 147 g/mol. The smallest absolute Gasteiger partial charge is 0.149 e. The first-order valence-electron chi connectivity index (χ1n) is 3.76. The van der Waals surface area contributed by atoms with Gasteiger partial charge in [0, 0.05) is 0 Å². The van der Waals surface area contributed by atoms with E-state index in [1.165, 1.54) is 7.11 Å². The van der Waals surface area contributed by atoms with E-state index in [2.05, 4.69) is 6.92 Å². The zero-order valence-corrected chi connectivity index (χ0v) is 7.86. The van der Waals surface area contributed by atoms with Gasteiger partial charge in [-0.3, -0.25) is 0 Å². The van der Waals surface area contributed by atoms with Crippen molar-refractivity contribution in [2.75, 3.05) is 7.11 Å². The van der Waals surface area contributed by atoms with E-state index in [0.717, 1.165) is 19.3 Å². The van der Waals surface area contributed by atoms with Gasteiger partial charge < -0.3 is 0 Å². The maximum atomic E-state index is 11.1. The molecule has 0 rings (SSSR count). The van der Waals surface area contributed by atoms with E-state index >= 15 is 0 Å². The van der Waals surface area contributed by atoms with Gasteiger partial charge in [0.1, 0.15) is 0 Å². The van der Waals surface area contributed by atoms with Crippen molar-refractivity contribution < 1.29 is 9.09 Å². The van der Waals surface area contributed by atoms with Gasteiger partial charge in [-0.1, -0.05) is 20.3 Å². The third kappa shape index (κ3) is 3.28. The normalized spacial score (nSPS) is 14.9. The Hall–Kier alpha value is 0.0600. The molecule has 10 heavy (non-hydrogen) atoms. The van der Waals surface area contributed by atoms with Crippen LogP contribution in [0.4, 0.5) is 0 Å². The Labute approximate surface area is 63.8 Å². The molecule has 0 radical (unpaired) electrons. The lowest BCUT2D eigenvalue weighted by Gasteiger charge is -1.97. The minimum absolute atomic E-state index is 0.269. The van der Waals surface area contributed by atoms with E-state index in [4.69, 9.17) is 4.52 Å². The Morgan fingerprint density at radius 3 is 2.40 bits per heavy atom. The van der Waals surface area contributed by atoms with Crippen molar-refractivity contribution in [1.29, 1.82) is 0 Å². The monoisotopic (exact) mass is 163 g/mol. The lowest BCUT2D eigenvalue weighted by molar-refractivity contribution is 0.400. The molecule has 0 aliphatic rings. The maximum absolute atomic E-state index is 11.1. The van der Waals surface area contributed by atoms with Crippen LogP contribution in [-0.4, -0.2) is 12.8 Å². The van der Waals surface area contributed by atoms with Crippen LogP contribution in [-0.2, 0) is 9.09 Å². The molecule has 0 aromatic carbocycles. The van der Waals surface area contributed by atoms with Gasteiger partial charge in [-0.05, 0) is 17.4 Å². The van der Waals surface area contributed by atoms with E-state index in [0.29, 0.717) is 0 Å². The summed E-state index contributed by atoms with van der Waals surface area (Å²) in [5.41, 5.74) is 0.269. The zero-order chi connectivity index (χ0) is 7.98. The second kappa shape index (κ2) is 5.82. The van der Waals surface area contributed by atoms with Crippen molar-refractivity contribution in [1.82, 2.24) is 0 Å². The highest BCUT2D eigenvalue weighted by molar-refractivity contribution is 7.40. The van der Waals surface area contributed by atoms with E-state index in [-0.39, 0.29) is 5.66 Å². The Balaban J connectivity index is 3.68. The van der Waals surface area contributed by atoms with E-state index in [9.17, 15) is 4.57 Å². The highest BCUT2D eigenvalue weighted by atomic mass is 31.1. The van der Waals surface area contributed by atoms with E-state index < -0.39 is 8.03 Å². The first kappa shape index (κ1) is 10.1. The topological polar surface area (TPSA) is 26.3 Å². The summed E-state index contributed by atoms with van der Waals surface area (Å²) < 4.78 is 15.8. The van der Waals surface area contributed by atoms with Crippen LogP contribution in [0.25, 0.3) is 0 Å². The van der Waals surface area contributed by atoms with Crippen molar-refractivity contribution in [2.45, 2.75) is 38.8 Å². The summed E-state index contributed by atoms with van der Waals surface area (Å²) in [5, 5.41) is 0. The molecule has 0 aromatic rings. The third-order valence-electron chi connectivity index (χ3n) is 1.57. The molecule has 60 valence electrons. The summed E-state index contributed by atoms with van der Waals surface area (Å²) >= 11 is 0. The average molecular weight is 163 g/mol. The number of hydrogen-bond donors (Lipinski definition) is 0. The third-order valence-corrected chi connectivity index (χ3v) is 3.15. The second-order valence-electron chi connectivity index (χ2n) is 2.32. The van der Waals surface area contributed by atoms with Gasteiger partial charge in [0.15, 0.2) is 5.66 Å². The molecule has 0 spiro atoms. The fourth-order valence-electron chi connectivity index (χ4n) is 0.941. The molecule has 0 aromatic heterocycles. The van der Waals surface area contributed by atoms with Gasteiger partial charge >= 0.3 is 8.03 Å². The first-order valence-corrected chi connectivity index (χ1v) is 5.01. The fraction of sp³-hybridized carbons (Fsp3) is 1.00. The van der Waals surface area contributed by atoms with E-state index in [1.807, 2.05) is 6.92 Å². The number of hydrogen-bond acceptors (Lipinski definition) is 2. The van der Waals surface area contributed by atoms with Crippen LogP contribution in [0.2, 0.25) is 0 Å². The largest absolute Gasteiger partial charge is 0.510 e. The van der Waals surface area contributed by atoms with Crippen LogP contribution in [0.5, 0.6) is 0 Å². The molecular formula is C7H16O2P+. The molecule has 0 heterocycles. The molecule has 0 saturated carbocycles. The molecule has 0 amide bonds. The summed E-state index contributed by atoms with van der Waals surface area (Å²) in [7, 11) is 0.113. The van der Waals surface area contributed by atoms with Crippen LogP contribution in [0, 0.1) is 0 Å². The quantitative estimate of drug-likeness (QED) is 0.582. The van der Waals surface area contributed by atoms with Gasteiger partial charge in [-0.15, -0.1) is 4.52 Å². The molecule has 2 nitrogen and oxygen atoms in total. The molecule has 0 bridgehead atoms. The predicted molar refractivity (Wildman–Crippen MR) is 43.6 cm³/mol. The minimum Gasteiger partial charge on any atom is -0.149 e. The molecule has 0 saturated heterocycles. The van der Waals surface area contributed by atoms with Crippen LogP contribution in [0.1, 0.15) is 33.1 Å². The van der Waals surface area contributed by atoms with Gasteiger partial charge in [-0.2, -0.15) is 0 Å². The molecule has 0 N–H and O–H groups in total. The van der Waals surface area contributed by atoms with Crippen molar-refractivity contribution >= 4 is 8.03 Å². The second-order valence-corrected chi connectivity index (χ2v) is 3.98. The Morgan fingerprint density at radius 2 is 2.10 bits per heavy atom. The fourth-order valence-corrected chi connectivity index (χ4v) is 2.01. The highest BCUT2D eigenvalue weighted by Gasteiger charge is 2.27. The molecule has 2 unspecified atom stereocenters. The molecule has 0 aliphatic heterocycles. The Kier molecular flexibility index (Phi) is 5.85. The maximum Gasteiger partial charge on any atom is 0.510 e. The van der Waals surface area contributed by atoms with Crippen molar-refractivity contribution in [3.63, 3.8) is 0 Å². The van der Waals surface area contributed by atoms with Gasteiger partial charge in [-0.25, -0.2) is 0 Å². The van der Waals surface area contributed by atoms with Crippen molar-refractivity contribution in [3.8, 4) is 0 Å². The minimum atomic E-state index is -1.40. The average Bonchev–Trinajstić information content (AvgIpc) is 1.99. The Bertz CT molecular complexity index is 104. The molecule has 0 fully saturated rings. The highest BCUT2D eigenvalue weighted by Crippen LogP contribution is 2.33.